The molecule has 0 heterocycles. The van der Waals surface area contributed by atoms with E-state index in [1.807, 2.05) is 0 Å². The van der Waals surface area contributed by atoms with Crippen LogP contribution in [0.3, 0.4) is 0 Å². The molecule has 0 saturated heterocycles. The van der Waals surface area contributed by atoms with Crippen LogP contribution in [0.1, 0.15) is 41.5 Å². The molecule has 0 aromatic heterocycles. The maximum Gasteiger partial charge on any atom is 0.0402 e. The molecule has 0 aromatic rings. The van der Waals surface area contributed by atoms with Gasteiger partial charge in [0, 0.05) is 6.61 Å². The summed E-state index contributed by atoms with van der Waals surface area (Å²) < 4.78 is 0. The molecule has 1 N–H and O–H groups in total. The molecule has 0 atom stereocenters. The summed E-state index contributed by atoms with van der Waals surface area (Å²) >= 11 is 0. The van der Waals surface area contributed by atoms with Crippen molar-refractivity contribution in [3.05, 3.63) is 22.3 Å². The minimum Gasteiger partial charge on any atom is -0.397 e. The van der Waals surface area contributed by atoms with E-state index in [0.717, 1.165) is 0 Å². The first-order valence-corrected chi connectivity index (χ1v) is 4.93. The number of rotatable bonds is 0. The lowest BCUT2D eigenvalue weighted by Crippen LogP contribution is -1.92. The SMILES string of the molecule is CC1=C(C)C(C)C(C)=C1C.CCO. The predicted octanol–water partition coefficient (Wildman–Crippen LogP) is 3.31. The molecule has 0 aliphatic heterocycles. The normalized spacial score (nSPS) is 17.8. The molecule has 0 aromatic carbocycles. The lowest BCUT2D eigenvalue weighted by atomic mass is 10.00. The zero-order valence-corrected chi connectivity index (χ0v) is 9.73. The third kappa shape index (κ3) is 2.70. The Morgan fingerprint density at radius 2 is 1.23 bits per heavy atom. The summed E-state index contributed by atoms with van der Waals surface area (Å²) in [5.74, 6) is 0.694. The third-order valence-corrected chi connectivity index (χ3v) is 3.04. The van der Waals surface area contributed by atoms with Gasteiger partial charge in [0.2, 0.25) is 0 Å². The topological polar surface area (TPSA) is 20.2 Å². The highest BCUT2D eigenvalue weighted by atomic mass is 16.2. The average Bonchev–Trinajstić information content (AvgIpc) is 2.25. The summed E-state index contributed by atoms with van der Waals surface area (Å²) in [6.45, 7) is 13.1. The molecular weight excluding hydrogens is 160 g/mol. The number of allylic oxidation sites excluding steroid dienone is 4. The minimum absolute atomic E-state index is 0.250. The minimum atomic E-state index is 0.250. The Labute approximate surface area is 82.2 Å². The first-order chi connectivity index (χ1) is 5.97. The van der Waals surface area contributed by atoms with Crippen LogP contribution in [0.5, 0.6) is 0 Å². The van der Waals surface area contributed by atoms with Crippen LogP contribution in [0.15, 0.2) is 22.3 Å². The number of hydrogen-bond donors (Lipinski definition) is 1. The van der Waals surface area contributed by atoms with Gasteiger partial charge in [-0.2, -0.15) is 0 Å². The summed E-state index contributed by atoms with van der Waals surface area (Å²) in [6.07, 6.45) is 0. The van der Waals surface area contributed by atoms with Crippen molar-refractivity contribution in [1.82, 2.24) is 0 Å². The van der Waals surface area contributed by atoms with Crippen molar-refractivity contribution in [2.75, 3.05) is 6.61 Å². The molecule has 0 unspecified atom stereocenters. The lowest BCUT2D eigenvalue weighted by Gasteiger charge is -2.05. The summed E-state index contributed by atoms with van der Waals surface area (Å²) in [5.41, 5.74) is 6.11. The molecule has 1 aliphatic carbocycles. The maximum absolute atomic E-state index is 7.57. The monoisotopic (exact) mass is 182 g/mol. The molecule has 1 rings (SSSR count). The van der Waals surface area contributed by atoms with Crippen LogP contribution >= 0.6 is 0 Å². The average molecular weight is 182 g/mol. The maximum atomic E-state index is 7.57. The van der Waals surface area contributed by atoms with E-state index in [1.54, 1.807) is 18.1 Å². The van der Waals surface area contributed by atoms with E-state index < -0.39 is 0 Å². The Morgan fingerprint density at radius 1 is 1.00 bits per heavy atom. The molecule has 0 amide bonds. The number of aliphatic hydroxyl groups excluding tert-OH is 1. The van der Waals surface area contributed by atoms with Gasteiger partial charge < -0.3 is 5.11 Å². The number of hydrogen-bond acceptors (Lipinski definition) is 1. The van der Waals surface area contributed by atoms with Gasteiger partial charge in [-0.25, -0.2) is 0 Å². The van der Waals surface area contributed by atoms with Crippen LogP contribution in [0.2, 0.25) is 0 Å². The van der Waals surface area contributed by atoms with Gasteiger partial charge in [0.1, 0.15) is 0 Å². The van der Waals surface area contributed by atoms with Crippen molar-refractivity contribution in [1.29, 1.82) is 0 Å². The fourth-order valence-electron chi connectivity index (χ4n) is 1.57. The highest BCUT2D eigenvalue weighted by Gasteiger charge is 2.19. The second kappa shape index (κ2) is 5.23. The quantitative estimate of drug-likeness (QED) is 0.609. The van der Waals surface area contributed by atoms with Gasteiger partial charge in [-0.05, 0) is 51.7 Å². The van der Waals surface area contributed by atoms with Crippen LogP contribution in [0.25, 0.3) is 0 Å². The second-order valence-electron chi connectivity index (χ2n) is 3.65. The molecule has 1 heteroatoms. The summed E-state index contributed by atoms with van der Waals surface area (Å²) in [7, 11) is 0. The molecule has 0 radical (unpaired) electrons. The van der Waals surface area contributed by atoms with Gasteiger partial charge in [-0.3, -0.25) is 0 Å². The summed E-state index contributed by atoms with van der Waals surface area (Å²) in [6, 6.07) is 0. The van der Waals surface area contributed by atoms with Gasteiger partial charge in [0.05, 0.1) is 0 Å². The van der Waals surface area contributed by atoms with Gasteiger partial charge >= 0.3 is 0 Å². The van der Waals surface area contributed by atoms with E-state index in [-0.39, 0.29) is 6.61 Å². The van der Waals surface area contributed by atoms with Crippen LogP contribution in [0.4, 0.5) is 0 Å². The molecule has 0 bridgehead atoms. The lowest BCUT2D eigenvalue weighted by molar-refractivity contribution is 0.318. The van der Waals surface area contributed by atoms with Gasteiger partial charge in [-0.1, -0.05) is 18.1 Å². The zero-order valence-electron chi connectivity index (χ0n) is 9.73. The highest BCUT2D eigenvalue weighted by molar-refractivity contribution is 5.45. The van der Waals surface area contributed by atoms with Crippen LogP contribution < -0.4 is 0 Å². The molecular formula is C12H22O. The molecule has 1 nitrogen and oxygen atoms in total. The van der Waals surface area contributed by atoms with E-state index in [4.69, 9.17) is 5.11 Å². The Hall–Kier alpha value is -0.560. The molecule has 0 spiro atoms. The van der Waals surface area contributed by atoms with Crippen molar-refractivity contribution < 1.29 is 5.11 Å². The van der Waals surface area contributed by atoms with E-state index in [9.17, 15) is 0 Å². The van der Waals surface area contributed by atoms with Crippen molar-refractivity contribution in [2.45, 2.75) is 41.5 Å². The molecule has 0 saturated carbocycles. The predicted molar refractivity (Wildman–Crippen MR) is 58.7 cm³/mol. The van der Waals surface area contributed by atoms with Crippen molar-refractivity contribution in [2.24, 2.45) is 5.92 Å². The van der Waals surface area contributed by atoms with E-state index in [0.29, 0.717) is 5.92 Å². The summed E-state index contributed by atoms with van der Waals surface area (Å²) in [5, 5.41) is 7.57. The first-order valence-electron chi connectivity index (χ1n) is 4.93. The Balaban J connectivity index is 0.000000424. The van der Waals surface area contributed by atoms with Gasteiger partial charge in [0.15, 0.2) is 0 Å². The van der Waals surface area contributed by atoms with Crippen molar-refractivity contribution in [3.8, 4) is 0 Å². The molecule has 13 heavy (non-hydrogen) atoms. The Morgan fingerprint density at radius 3 is 1.31 bits per heavy atom. The van der Waals surface area contributed by atoms with Crippen LogP contribution in [0, 0.1) is 5.92 Å². The van der Waals surface area contributed by atoms with Crippen molar-refractivity contribution in [3.63, 3.8) is 0 Å². The van der Waals surface area contributed by atoms with Gasteiger partial charge in [-0.15, -0.1) is 0 Å². The molecule has 1 aliphatic rings. The Kier molecular flexibility index (Phi) is 5.01. The van der Waals surface area contributed by atoms with E-state index >= 15 is 0 Å². The highest BCUT2D eigenvalue weighted by Crippen LogP contribution is 2.35. The number of aliphatic hydroxyl groups is 1. The molecule has 0 fully saturated rings. The summed E-state index contributed by atoms with van der Waals surface area (Å²) in [4.78, 5) is 0. The zero-order chi connectivity index (χ0) is 10.6. The van der Waals surface area contributed by atoms with Crippen molar-refractivity contribution >= 4 is 0 Å². The smallest absolute Gasteiger partial charge is 0.0402 e. The fourth-order valence-corrected chi connectivity index (χ4v) is 1.57. The third-order valence-electron chi connectivity index (χ3n) is 3.04. The standard InChI is InChI=1S/C10H16.C2H6O/c1-6-7(2)9(4)10(5)8(6)3;1-2-3/h6H,1-5H3;3H,2H2,1H3. The van der Waals surface area contributed by atoms with Gasteiger partial charge in [0.25, 0.3) is 0 Å². The van der Waals surface area contributed by atoms with Crippen LogP contribution in [-0.2, 0) is 0 Å². The van der Waals surface area contributed by atoms with E-state index in [1.165, 1.54) is 11.1 Å². The second-order valence-corrected chi connectivity index (χ2v) is 3.65. The first kappa shape index (κ1) is 12.4. The molecule has 76 valence electrons. The van der Waals surface area contributed by atoms with Crippen LogP contribution in [-0.4, -0.2) is 11.7 Å². The largest absolute Gasteiger partial charge is 0.397 e. The van der Waals surface area contributed by atoms with E-state index in [2.05, 4.69) is 34.6 Å². The Bertz CT molecular complexity index is 210. The fraction of sp³-hybridized carbons (Fsp3) is 0.667.